The summed E-state index contributed by atoms with van der Waals surface area (Å²) in [5.41, 5.74) is 5.61. The predicted octanol–water partition coefficient (Wildman–Crippen LogP) is 0.0712. The van der Waals surface area contributed by atoms with E-state index in [-0.39, 0.29) is 12.6 Å². The van der Waals surface area contributed by atoms with Gasteiger partial charge in [0.25, 0.3) is 0 Å². The van der Waals surface area contributed by atoms with Crippen LogP contribution in [-0.4, -0.2) is 36.8 Å². The largest absolute Gasteiger partial charge is 0.395 e. The van der Waals surface area contributed by atoms with E-state index in [0.717, 1.165) is 10.0 Å². The van der Waals surface area contributed by atoms with Gasteiger partial charge in [0.05, 0.1) is 6.61 Å². The van der Waals surface area contributed by atoms with Gasteiger partial charge in [0, 0.05) is 37.6 Å². The highest BCUT2D eigenvalue weighted by Crippen LogP contribution is 2.20. The third-order valence-corrected chi connectivity index (χ3v) is 2.81. The molecule has 1 rings (SSSR count). The lowest BCUT2D eigenvalue weighted by Crippen LogP contribution is -2.26. The third-order valence-electron chi connectivity index (χ3n) is 1.62. The number of aliphatic hydroxyl groups is 1. The molecule has 1 aromatic heterocycles. The van der Waals surface area contributed by atoms with E-state index in [1.165, 1.54) is 0 Å². The van der Waals surface area contributed by atoms with Crippen LogP contribution in [0.1, 0.15) is 4.88 Å². The van der Waals surface area contributed by atoms with Gasteiger partial charge in [-0.1, -0.05) is 0 Å². The topological polar surface area (TPSA) is 62.4 Å². The van der Waals surface area contributed by atoms with Crippen molar-refractivity contribution < 1.29 is 5.11 Å². The van der Waals surface area contributed by atoms with Crippen LogP contribution in [-0.2, 0) is 6.42 Å². The number of anilines is 1. The van der Waals surface area contributed by atoms with Crippen molar-refractivity contribution in [3.8, 4) is 0 Å². The Balaban J connectivity index is 2.58. The lowest BCUT2D eigenvalue weighted by Gasteiger charge is -2.06. The first kappa shape index (κ1) is 10.4. The lowest BCUT2D eigenvalue weighted by atomic mass is 10.2. The van der Waals surface area contributed by atoms with Crippen molar-refractivity contribution in [2.75, 3.05) is 25.6 Å². The second-order valence-electron chi connectivity index (χ2n) is 3.15. The standard InChI is InChI=1S/C8H15N3OS/c1-11(2)8-10-4-7(13-8)3-6(9)5-12/h4,6,12H,3,5,9H2,1-2H3. The van der Waals surface area contributed by atoms with Gasteiger partial charge in [0.15, 0.2) is 5.13 Å². The van der Waals surface area contributed by atoms with Gasteiger partial charge < -0.3 is 15.7 Å². The van der Waals surface area contributed by atoms with Crippen molar-refractivity contribution in [3.63, 3.8) is 0 Å². The minimum atomic E-state index is -0.171. The molecule has 0 spiro atoms. The lowest BCUT2D eigenvalue weighted by molar-refractivity contribution is 0.265. The first-order valence-corrected chi connectivity index (χ1v) is 4.93. The maximum absolute atomic E-state index is 8.76. The van der Waals surface area contributed by atoms with Crippen LogP contribution in [0.25, 0.3) is 0 Å². The number of rotatable bonds is 4. The summed E-state index contributed by atoms with van der Waals surface area (Å²) >= 11 is 1.61. The molecule has 1 aromatic rings. The summed E-state index contributed by atoms with van der Waals surface area (Å²) in [5, 5.41) is 9.73. The third kappa shape index (κ3) is 2.95. The molecule has 0 aliphatic heterocycles. The van der Waals surface area contributed by atoms with Crippen LogP contribution in [0.4, 0.5) is 5.13 Å². The fourth-order valence-electron chi connectivity index (χ4n) is 0.921. The summed E-state index contributed by atoms with van der Waals surface area (Å²) < 4.78 is 0. The number of hydrogen-bond acceptors (Lipinski definition) is 5. The average molecular weight is 201 g/mol. The Morgan fingerprint density at radius 2 is 2.38 bits per heavy atom. The number of aliphatic hydroxyl groups excluding tert-OH is 1. The molecule has 0 bridgehead atoms. The van der Waals surface area contributed by atoms with Crippen LogP contribution in [0.15, 0.2) is 6.20 Å². The zero-order valence-corrected chi connectivity index (χ0v) is 8.71. The van der Waals surface area contributed by atoms with Crippen molar-refractivity contribution in [2.45, 2.75) is 12.5 Å². The Labute approximate surface area is 82.0 Å². The highest BCUT2D eigenvalue weighted by atomic mass is 32.1. The van der Waals surface area contributed by atoms with E-state index in [9.17, 15) is 0 Å². The molecule has 1 unspecified atom stereocenters. The van der Waals surface area contributed by atoms with Crippen molar-refractivity contribution >= 4 is 16.5 Å². The van der Waals surface area contributed by atoms with E-state index < -0.39 is 0 Å². The summed E-state index contributed by atoms with van der Waals surface area (Å²) in [5.74, 6) is 0. The Hall–Kier alpha value is -0.650. The van der Waals surface area contributed by atoms with E-state index in [1.54, 1.807) is 11.3 Å². The number of hydrogen-bond donors (Lipinski definition) is 2. The average Bonchev–Trinajstić information content (AvgIpc) is 2.52. The molecule has 0 aliphatic carbocycles. The number of aromatic nitrogens is 1. The first-order chi connectivity index (χ1) is 6.13. The van der Waals surface area contributed by atoms with Crippen LogP contribution in [0.3, 0.4) is 0 Å². The summed E-state index contributed by atoms with van der Waals surface area (Å²) in [7, 11) is 3.91. The molecule has 4 nitrogen and oxygen atoms in total. The summed E-state index contributed by atoms with van der Waals surface area (Å²) in [4.78, 5) is 7.28. The van der Waals surface area contributed by atoms with Crippen LogP contribution >= 0.6 is 11.3 Å². The van der Waals surface area contributed by atoms with Crippen LogP contribution < -0.4 is 10.6 Å². The molecule has 0 saturated heterocycles. The summed E-state index contributed by atoms with van der Waals surface area (Å²) in [6.45, 7) is 0.0230. The Morgan fingerprint density at radius 1 is 1.69 bits per heavy atom. The SMILES string of the molecule is CN(C)c1ncc(CC(N)CO)s1. The summed E-state index contributed by atoms with van der Waals surface area (Å²) in [6.07, 6.45) is 2.51. The first-order valence-electron chi connectivity index (χ1n) is 4.12. The van der Waals surface area contributed by atoms with E-state index in [2.05, 4.69) is 4.98 Å². The molecule has 0 saturated carbocycles. The zero-order valence-electron chi connectivity index (χ0n) is 7.90. The maximum atomic E-state index is 8.76. The van der Waals surface area contributed by atoms with Gasteiger partial charge in [-0.2, -0.15) is 0 Å². The molecule has 1 heterocycles. The Morgan fingerprint density at radius 3 is 2.85 bits per heavy atom. The van der Waals surface area contributed by atoms with Gasteiger partial charge in [-0.15, -0.1) is 11.3 Å². The molecule has 0 aromatic carbocycles. The second-order valence-corrected chi connectivity index (χ2v) is 4.24. The molecule has 0 fully saturated rings. The second kappa shape index (κ2) is 4.55. The van der Waals surface area contributed by atoms with E-state index >= 15 is 0 Å². The van der Waals surface area contributed by atoms with Crippen LogP contribution in [0.5, 0.6) is 0 Å². The van der Waals surface area contributed by atoms with Gasteiger partial charge in [0.1, 0.15) is 0 Å². The molecule has 74 valence electrons. The highest BCUT2D eigenvalue weighted by molar-refractivity contribution is 7.15. The smallest absolute Gasteiger partial charge is 0.184 e. The van der Waals surface area contributed by atoms with Gasteiger partial charge in [-0.05, 0) is 0 Å². The zero-order chi connectivity index (χ0) is 9.84. The molecule has 0 aliphatic rings. The molecule has 5 heteroatoms. The molecule has 0 radical (unpaired) electrons. The molecule has 0 amide bonds. The molecule has 13 heavy (non-hydrogen) atoms. The molecular formula is C8H15N3OS. The van der Waals surface area contributed by atoms with Gasteiger partial charge in [-0.25, -0.2) is 4.98 Å². The van der Waals surface area contributed by atoms with Crippen LogP contribution in [0, 0.1) is 0 Å². The quantitative estimate of drug-likeness (QED) is 0.723. The summed E-state index contributed by atoms with van der Waals surface area (Å²) in [6, 6.07) is -0.171. The maximum Gasteiger partial charge on any atom is 0.184 e. The minimum Gasteiger partial charge on any atom is -0.395 e. The molecular weight excluding hydrogens is 186 g/mol. The normalized spacial score (nSPS) is 12.9. The van der Waals surface area contributed by atoms with E-state index in [4.69, 9.17) is 10.8 Å². The molecule has 1 atom stereocenters. The predicted molar refractivity (Wildman–Crippen MR) is 55.2 cm³/mol. The van der Waals surface area contributed by atoms with Crippen molar-refractivity contribution in [1.82, 2.24) is 4.98 Å². The van der Waals surface area contributed by atoms with E-state index in [1.807, 2.05) is 25.2 Å². The number of thiazole rings is 1. The van der Waals surface area contributed by atoms with Crippen LogP contribution in [0.2, 0.25) is 0 Å². The van der Waals surface area contributed by atoms with Gasteiger partial charge in [0.2, 0.25) is 0 Å². The Bertz CT molecular complexity index is 262. The number of nitrogens with two attached hydrogens (primary N) is 1. The highest BCUT2D eigenvalue weighted by Gasteiger charge is 2.07. The minimum absolute atomic E-state index is 0.0230. The van der Waals surface area contributed by atoms with Gasteiger partial charge in [-0.3, -0.25) is 0 Å². The van der Waals surface area contributed by atoms with Crippen molar-refractivity contribution in [3.05, 3.63) is 11.1 Å². The fraction of sp³-hybridized carbons (Fsp3) is 0.625. The fourth-order valence-corrected chi connectivity index (χ4v) is 1.85. The van der Waals surface area contributed by atoms with E-state index in [0.29, 0.717) is 6.42 Å². The number of nitrogens with zero attached hydrogens (tertiary/aromatic N) is 2. The van der Waals surface area contributed by atoms with Crippen molar-refractivity contribution in [2.24, 2.45) is 5.73 Å². The molecule has 3 N–H and O–H groups in total. The van der Waals surface area contributed by atoms with Crippen molar-refractivity contribution in [1.29, 1.82) is 0 Å². The Kier molecular flexibility index (Phi) is 3.65. The van der Waals surface area contributed by atoms with Gasteiger partial charge >= 0.3 is 0 Å². The monoisotopic (exact) mass is 201 g/mol.